The summed E-state index contributed by atoms with van der Waals surface area (Å²) in [5.74, 6) is 0.499. The zero-order valence-corrected chi connectivity index (χ0v) is 20.7. The van der Waals surface area contributed by atoms with E-state index in [0.717, 1.165) is 15.7 Å². The quantitative estimate of drug-likeness (QED) is 0.236. The molecule has 0 atom stereocenters. The van der Waals surface area contributed by atoms with Gasteiger partial charge in [0.15, 0.2) is 0 Å². The van der Waals surface area contributed by atoms with Crippen molar-refractivity contribution in [2.45, 2.75) is 17.1 Å². The van der Waals surface area contributed by atoms with Crippen LogP contribution in [0.3, 0.4) is 0 Å². The molecule has 0 radical (unpaired) electrons. The maximum atomic E-state index is 13.1. The number of carbonyl (C=O) groups is 1. The topological polar surface area (TPSA) is 72.1 Å². The Labute approximate surface area is 208 Å². The van der Waals surface area contributed by atoms with Crippen LogP contribution in [0.25, 0.3) is 0 Å². The van der Waals surface area contributed by atoms with E-state index in [2.05, 4.69) is 58.5 Å². The SMILES string of the molecule is Cc1ncc(C(=O)N(C)c2ccccc2SCSC(c2ccccc2)c2ccccc2)c(N)n1. The van der Waals surface area contributed by atoms with Gasteiger partial charge >= 0.3 is 0 Å². The fraction of sp³-hybridized carbons (Fsp3) is 0.148. The van der Waals surface area contributed by atoms with Gasteiger partial charge in [-0.25, -0.2) is 9.97 Å². The molecule has 7 heteroatoms. The highest BCUT2D eigenvalue weighted by Gasteiger charge is 2.21. The Kier molecular flexibility index (Phi) is 7.87. The van der Waals surface area contributed by atoms with Gasteiger partial charge in [0.05, 0.1) is 10.9 Å². The molecule has 4 aromatic rings. The van der Waals surface area contributed by atoms with Crippen LogP contribution in [0, 0.1) is 6.92 Å². The number of amides is 1. The van der Waals surface area contributed by atoms with Gasteiger partial charge in [-0.3, -0.25) is 4.79 Å². The average molecular weight is 487 g/mol. The molecule has 4 rings (SSSR count). The number of aryl methyl sites for hydroxylation is 1. The first-order valence-electron chi connectivity index (χ1n) is 10.8. The summed E-state index contributed by atoms with van der Waals surface area (Å²) >= 11 is 3.59. The lowest BCUT2D eigenvalue weighted by atomic mass is 10.0. The minimum absolute atomic E-state index is 0.193. The zero-order chi connectivity index (χ0) is 23.9. The summed E-state index contributed by atoms with van der Waals surface area (Å²) < 4.78 is 0. The van der Waals surface area contributed by atoms with Crippen molar-refractivity contribution in [2.24, 2.45) is 0 Å². The van der Waals surface area contributed by atoms with Gasteiger partial charge in [-0.1, -0.05) is 72.8 Å². The Morgan fingerprint density at radius 3 is 2.15 bits per heavy atom. The molecule has 1 aromatic heterocycles. The molecule has 0 fully saturated rings. The Morgan fingerprint density at radius 1 is 0.941 bits per heavy atom. The van der Waals surface area contributed by atoms with Gasteiger partial charge in [0.2, 0.25) is 0 Å². The van der Waals surface area contributed by atoms with Crippen LogP contribution < -0.4 is 10.6 Å². The van der Waals surface area contributed by atoms with E-state index in [1.54, 1.807) is 30.6 Å². The monoisotopic (exact) mass is 486 g/mol. The highest BCUT2D eigenvalue weighted by Crippen LogP contribution is 2.40. The molecule has 34 heavy (non-hydrogen) atoms. The molecular weight excluding hydrogens is 460 g/mol. The van der Waals surface area contributed by atoms with E-state index < -0.39 is 0 Å². The van der Waals surface area contributed by atoms with E-state index in [9.17, 15) is 4.79 Å². The van der Waals surface area contributed by atoms with Crippen molar-refractivity contribution < 1.29 is 4.79 Å². The van der Waals surface area contributed by atoms with Crippen LogP contribution in [0.5, 0.6) is 0 Å². The van der Waals surface area contributed by atoms with Gasteiger partial charge in [-0.2, -0.15) is 0 Å². The maximum Gasteiger partial charge on any atom is 0.263 e. The molecule has 0 aliphatic rings. The van der Waals surface area contributed by atoms with Gasteiger partial charge in [0.1, 0.15) is 17.2 Å². The number of carbonyl (C=O) groups excluding carboxylic acids is 1. The summed E-state index contributed by atoms with van der Waals surface area (Å²) in [5.41, 5.74) is 9.67. The molecule has 1 heterocycles. The second-order valence-electron chi connectivity index (χ2n) is 7.68. The van der Waals surface area contributed by atoms with Crippen molar-refractivity contribution in [3.63, 3.8) is 0 Å². The Balaban J connectivity index is 1.51. The molecule has 172 valence electrons. The fourth-order valence-corrected chi connectivity index (χ4v) is 6.16. The summed E-state index contributed by atoms with van der Waals surface area (Å²) in [6, 6.07) is 29.0. The van der Waals surface area contributed by atoms with Gasteiger partial charge in [0, 0.05) is 23.2 Å². The number of hydrogen-bond donors (Lipinski definition) is 1. The summed E-state index contributed by atoms with van der Waals surface area (Å²) in [5, 5.41) is 1.05. The summed E-state index contributed by atoms with van der Waals surface area (Å²) in [7, 11) is 1.75. The Hall–Kier alpha value is -3.29. The molecule has 0 saturated heterocycles. The standard InChI is InChI=1S/C27H26N4OS2/c1-19-29-17-22(26(28)30-19)27(32)31(2)23-15-9-10-16-24(23)33-18-34-25(20-11-5-3-6-12-20)21-13-7-4-8-14-21/h3-17,25H,18H2,1-2H3,(H2,28,29,30). The summed E-state index contributed by atoms with van der Waals surface area (Å²) in [6.07, 6.45) is 1.49. The van der Waals surface area contributed by atoms with Crippen LogP contribution in [-0.4, -0.2) is 28.0 Å². The number of aromatic nitrogens is 2. The van der Waals surface area contributed by atoms with Crippen molar-refractivity contribution >= 4 is 40.9 Å². The molecule has 0 aliphatic carbocycles. The lowest BCUT2D eigenvalue weighted by molar-refractivity contribution is 0.0993. The maximum absolute atomic E-state index is 13.1. The van der Waals surface area contributed by atoms with Crippen LogP contribution in [0.15, 0.2) is 96.0 Å². The molecule has 0 spiro atoms. The smallest absolute Gasteiger partial charge is 0.263 e. The van der Waals surface area contributed by atoms with Crippen LogP contribution >= 0.6 is 23.5 Å². The third kappa shape index (κ3) is 5.61. The first-order chi connectivity index (χ1) is 16.5. The third-order valence-electron chi connectivity index (χ3n) is 5.35. The number of rotatable bonds is 8. The van der Waals surface area contributed by atoms with Crippen LogP contribution in [0.2, 0.25) is 0 Å². The number of thioether (sulfide) groups is 2. The largest absolute Gasteiger partial charge is 0.383 e. The summed E-state index contributed by atoms with van der Waals surface area (Å²) in [6.45, 7) is 1.75. The number of nitrogen functional groups attached to an aromatic ring is 1. The summed E-state index contributed by atoms with van der Waals surface area (Å²) in [4.78, 5) is 24.0. The number of anilines is 2. The number of hydrogen-bond acceptors (Lipinski definition) is 6. The molecule has 2 N–H and O–H groups in total. The molecule has 3 aromatic carbocycles. The first-order valence-corrected chi connectivity index (χ1v) is 12.9. The van der Waals surface area contributed by atoms with E-state index >= 15 is 0 Å². The second kappa shape index (κ2) is 11.2. The fourth-order valence-electron chi connectivity index (χ4n) is 3.60. The molecule has 0 bridgehead atoms. The average Bonchev–Trinajstić information content (AvgIpc) is 2.87. The van der Waals surface area contributed by atoms with Crippen LogP contribution in [0.4, 0.5) is 11.5 Å². The highest BCUT2D eigenvalue weighted by molar-refractivity contribution is 8.16. The van der Waals surface area contributed by atoms with Gasteiger partial charge in [-0.05, 0) is 30.2 Å². The number of para-hydroxylation sites is 1. The lowest BCUT2D eigenvalue weighted by Crippen LogP contribution is -2.28. The van der Waals surface area contributed by atoms with Crippen molar-refractivity contribution in [3.05, 3.63) is 114 Å². The predicted octanol–water partition coefficient (Wildman–Crippen LogP) is 6.22. The van der Waals surface area contributed by atoms with Crippen molar-refractivity contribution in [1.82, 2.24) is 9.97 Å². The minimum atomic E-state index is -0.232. The van der Waals surface area contributed by atoms with Gasteiger partial charge in [0.25, 0.3) is 5.91 Å². The van der Waals surface area contributed by atoms with E-state index in [1.165, 1.54) is 17.3 Å². The zero-order valence-electron chi connectivity index (χ0n) is 19.1. The van der Waals surface area contributed by atoms with Crippen molar-refractivity contribution in [3.8, 4) is 0 Å². The molecule has 0 aliphatic heterocycles. The molecule has 5 nitrogen and oxygen atoms in total. The van der Waals surface area contributed by atoms with Crippen molar-refractivity contribution in [2.75, 3.05) is 22.8 Å². The van der Waals surface area contributed by atoms with Crippen LogP contribution in [0.1, 0.15) is 32.6 Å². The van der Waals surface area contributed by atoms with Crippen molar-refractivity contribution in [1.29, 1.82) is 0 Å². The number of nitrogens with two attached hydrogens (primary N) is 1. The molecular formula is C27H26N4OS2. The third-order valence-corrected chi connectivity index (χ3v) is 7.90. The first kappa shape index (κ1) is 23.9. The van der Waals surface area contributed by atoms with Gasteiger partial charge < -0.3 is 10.6 Å². The van der Waals surface area contributed by atoms with Gasteiger partial charge in [-0.15, -0.1) is 23.5 Å². The van der Waals surface area contributed by atoms with E-state index in [4.69, 9.17) is 5.73 Å². The second-order valence-corrected chi connectivity index (χ2v) is 10.2. The van der Waals surface area contributed by atoms with E-state index in [0.29, 0.717) is 11.4 Å². The lowest BCUT2D eigenvalue weighted by Gasteiger charge is -2.22. The molecule has 1 amide bonds. The Morgan fingerprint density at radius 2 is 1.53 bits per heavy atom. The highest BCUT2D eigenvalue weighted by atomic mass is 32.2. The van der Waals surface area contributed by atoms with E-state index in [1.807, 2.05) is 48.2 Å². The normalized spacial score (nSPS) is 10.9. The van der Waals surface area contributed by atoms with Crippen LogP contribution in [-0.2, 0) is 0 Å². The molecule has 0 saturated carbocycles. The molecule has 0 unspecified atom stereocenters. The number of nitrogens with zero attached hydrogens (tertiary/aromatic N) is 3. The predicted molar refractivity (Wildman–Crippen MR) is 143 cm³/mol. The minimum Gasteiger partial charge on any atom is -0.383 e. The number of benzene rings is 3. The Bertz CT molecular complexity index is 1210. The van der Waals surface area contributed by atoms with E-state index in [-0.39, 0.29) is 17.0 Å².